The maximum atomic E-state index is 10.7. The highest BCUT2D eigenvalue weighted by molar-refractivity contribution is 9.10. The van der Waals surface area contributed by atoms with Crippen LogP contribution in [0.4, 0.5) is 11.4 Å². The van der Waals surface area contributed by atoms with Crippen molar-refractivity contribution in [3.05, 3.63) is 97.5 Å². The maximum Gasteiger partial charge on any atom is 0.269 e. The van der Waals surface area contributed by atoms with Gasteiger partial charge in [0.25, 0.3) is 5.69 Å². The van der Waals surface area contributed by atoms with Crippen LogP contribution in [0.5, 0.6) is 5.75 Å². The molecule has 3 rings (SSSR count). The molecule has 0 bridgehead atoms. The lowest BCUT2D eigenvalue weighted by Crippen LogP contribution is -2.21. The number of rotatable bonds is 10. The number of ether oxygens (including phenoxy) is 1. The van der Waals surface area contributed by atoms with E-state index in [1.54, 1.807) is 12.1 Å². The fourth-order valence-corrected chi connectivity index (χ4v) is 3.41. The fraction of sp³-hybridized carbons (Fsp3) is 0.182. The van der Waals surface area contributed by atoms with Gasteiger partial charge in [0.2, 0.25) is 0 Å². The fourth-order valence-electron chi connectivity index (χ4n) is 2.74. The van der Waals surface area contributed by atoms with E-state index in [4.69, 9.17) is 16.3 Å². The Balaban J connectivity index is 0.00000341. The molecule has 2 N–H and O–H groups in total. The summed E-state index contributed by atoms with van der Waals surface area (Å²) >= 11 is 9.47. The van der Waals surface area contributed by atoms with Crippen LogP contribution in [0.25, 0.3) is 0 Å². The van der Waals surface area contributed by atoms with Crippen LogP contribution in [0.15, 0.2) is 71.2 Å². The molecule has 3 aromatic carbocycles. The first-order chi connectivity index (χ1) is 14.5. The molecule has 0 heterocycles. The molecule has 0 aliphatic heterocycles. The third-order valence-corrected chi connectivity index (χ3v) is 5.21. The average molecular weight is 527 g/mol. The van der Waals surface area contributed by atoms with Gasteiger partial charge in [-0.05, 0) is 63.5 Å². The van der Waals surface area contributed by atoms with Gasteiger partial charge in [0.05, 0.1) is 9.40 Å². The Bertz CT molecular complexity index is 986. The molecule has 0 fully saturated rings. The van der Waals surface area contributed by atoms with Crippen LogP contribution in [0.2, 0.25) is 5.02 Å². The number of nitro groups is 1. The van der Waals surface area contributed by atoms with Crippen molar-refractivity contribution in [2.24, 2.45) is 0 Å². The lowest BCUT2D eigenvalue weighted by atomic mass is 10.2. The zero-order valence-electron chi connectivity index (χ0n) is 16.5. The monoisotopic (exact) mass is 525 g/mol. The Kier molecular flexibility index (Phi) is 10.1. The highest BCUT2D eigenvalue weighted by Gasteiger charge is 2.05. The quantitative estimate of drug-likeness (QED) is 0.186. The first-order valence-electron chi connectivity index (χ1n) is 9.36. The van der Waals surface area contributed by atoms with Crippen molar-refractivity contribution in [2.45, 2.75) is 13.2 Å². The molecular formula is C22H22BrCl2N3O3. The summed E-state index contributed by atoms with van der Waals surface area (Å²) in [4.78, 5) is 10.3. The van der Waals surface area contributed by atoms with Crippen molar-refractivity contribution in [1.29, 1.82) is 0 Å². The van der Waals surface area contributed by atoms with Gasteiger partial charge < -0.3 is 15.4 Å². The maximum absolute atomic E-state index is 10.7. The molecular weight excluding hydrogens is 505 g/mol. The largest absolute Gasteiger partial charge is 0.488 e. The molecule has 9 heteroatoms. The highest BCUT2D eigenvalue weighted by atomic mass is 79.9. The molecule has 0 aliphatic rings. The SMILES string of the molecule is Cl.O=[N+]([O-])c1ccc(NCCNCc2ccc(OCc3ccc(Cl)cc3)c(Br)c2)cc1. The second-order valence-corrected chi connectivity index (χ2v) is 7.88. The van der Waals surface area contributed by atoms with Crippen LogP contribution in [-0.2, 0) is 13.2 Å². The first-order valence-corrected chi connectivity index (χ1v) is 10.5. The molecule has 0 spiro atoms. The van der Waals surface area contributed by atoms with Crippen molar-refractivity contribution in [3.8, 4) is 5.75 Å². The topological polar surface area (TPSA) is 76.4 Å². The summed E-state index contributed by atoms with van der Waals surface area (Å²) in [5.41, 5.74) is 3.13. The van der Waals surface area contributed by atoms with Gasteiger partial charge in [-0.3, -0.25) is 10.1 Å². The minimum atomic E-state index is -0.405. The summed E-state index contributed by atoms with van der Waals surface area (Å²) in [7, 11) is 0. The lowest BCUT2D eigenvalue weighted by Gasteiger charge is -2.11. The molecule has 0 atom stereocenters. The zero-order chi connectivity index (χ0) is 21.3. The standard InChI is InChI=1S/C22H21BrClN3O3.ClH/c23-21-13-17(3-10-22(21)30-15-16-1-4-18(24)5-2-16)14-25-11-12-26-19-6-8-20(9-7-19)27(28)29;/h1-10,13,25-26H,11-12,14-15H2;1H. The minimum absolute atomic E-state index is 0. The molecule has 0 aromatic heterocycles. The van der Waals surface area contributed by atoms with Gasteiger partial charge in [0.15, 0.2) is 0 Å². The third-order valence-electron chi connectivity index (χ3n) is 4.34. The predicted octanol–water partition coefficient (Wildman–Crippen LogP) is 6.21. The molecule has 3 aromatic rings. The molecule has 0 saturated carbocycles. The summed E-state index contributed by atoms with van der Waals surface area (Å²) in [6.07, 6.45) is 0. The molecule has 0 aliphatic carbocycles. The van der Waals surface area contributed by atoms with Crippen LogP contribution in [-0.4, -0.2) is 18.0 Å². The van der Waals surface area contributed by atoms with Gasteiger partial charge in [-0.1, -0.05) is 29.8 Å². The molecule has 31 heavy (non-hydrogen) atoms. The number of nitrogens with zero attached hydrogens (tertiary/aromatic N) is 1. The van der Waals surface area contributed by atoms with Crippen LogP contribution < -0.4 is 15.4 Å². The second kappa shape index (κ2) is 12.5. The van der Waals surface area contributed by atoms with Crippen molar-refractivity contribution in [2.75, 3.05) is 18.4 Å². The van der Waals surface area contributed by atoms with E-state index in [1.807, 2.05) is 42.5 Å². The first kappa shape index (κ1) is 24.9. The van der Waals surface area contributed by atoms with Crippen molar-refractivity contribution in [3.63, 3.8) is 0 Å². The Morgan fingerprint density at radius 1 is 0.968 bits per heavy atom. The molecule has 0 amide bonds. The van der Waals surface area contributed by atoms with Gasteiger partial charge in [0, 0.05) is 42.5 Å². The average Bonchev–Trinajstić information content (AvgIpc) is 2.74. The Hall–Kier alpha value is -2.32. The van der Waals surface area contributed by atoms with Crippen LogP contribution in [0.1, 0.15) is 11.1 Å². The number of nitrogens with one attached hydrogen (secondary N) is 2. The van der Waals surface area contributed by atoms with Crippen molar-refractivity contribution in [1.82, 2.24) is 5.32 Å². The summed E-state index contributed by atoms with van der Waals surface area (Å²) in [6, 6.07) is 20.0. The lowest BCUT2D eigenvalue weighted by molar-refractivity contribution is -0.384. The molecule has 6 nitrogen and oxygen atoms in total. The zero-order valence-corrected chi connectivity index (χ0v) is 19.7. The van der Waals surface area contributed by atoms with E-state index in [0.29, 0.717) is 18.2 Å². The van der Waals surface area contributed by atoms with E-state index >= 15 is 0 Å². The summed E-state index contributed by atoms with van der Waals surface area (Å²) in [5.74, 6) is 0.786. The normalized spacial score (nSPS) is 10.3. The Morgan fingerprint density at radius 3 is 2.29 bits per heavy atom. The minimum Gasteiger partial charge on any atom is -0.488 e. The molecule has 0 unspecified atom stereocenters. The molecule has 0 saturated heterocycles. The molecule has 164 valence electrons. The van der Waals surface area contributed by atoms with E-state index < -0.39 is 4.92 Å². The molecule has 0 radical (unpaired) electrons. The summed E-state index contributed by atoms with van der Waals surface area (Å²) < 4.78 is 6.77. The van der Waals surface area contributed by atoms with Gasteiger partial charge in [0.1, 0.15) is 12.4 Å². The third kappa shape index (κ3) is 8.03. The van der Waals surface area contributed by atoms with Crippen LogP contribution in [0.3, 0.4) is 0 Å². The van der Waals surface area contributed by atoms with Gasteiger partial charge in [-0.2, -0.15) is 0 Å². The number of non-ortho nitro benzene ring substituents is 1. The highest BCUT2D eigenvalue weighted by Crippen LogP contribution is 2.27. The van der Waals surface area contributed by atoms with Gasteiger partial charge in [-0.25, -0.2) is 0 Å². The number of benzene rings is 3. The second-order valence-electron chi connectivity index (χ2n) is 6.59. The van der Waals surface area contributed by atoms with E-state index in [1.165, 1.54) is 12.1 Å². The number of anilines is 1. The Morgan fingerprint density at radius 2 is 1.65 bits per heavy atom. The van der Waals surface area contributed by atoms with Gasteiger partial charge >= 0.3 is 0 Å². The van der Waals surface area contributed by atoms with Crippen molar-refractivity contribution < 1.29 is 9.66 Å². The van der Waals surface area contributed by atoms with E-state index in [-0.39, 0.29) is 18.1 Å². The number of hydrogen-bond acceptors (Lipinski definition) is 5. The van der Waals surface area contributed by atoms with E-state index in [2.05, 4.69) is 26.6 Å². The van der Waals surface area contributed by atoms with E-state index in [9.17, 15) is 10.1 Å². The number of halogens is 3. The number of hydrogen-bond donors (Lipinski definition) is 2. The van der Waals surface area contributed by atoms with Crippen LogP contribution in [0, 0.1) is 10.1 Å². The predicted molar refractivity (Wildman–Crippen MR) is 130 cm³/mol. The van der Waals surface area contributed by atoms with Crippen molar-refractivity contribution >= 4 is 51.3 Å². The van der Waals surface area contributed by atoms with Crippen LogP contribution >= 0.6 is 39.9 Å². The smallest absolute Gasteiger partial charge is 0.269 e. The summed E-state index contributed by atoms with van der Waals surface area (Å²) in [5, 5.41) is 18.0. The summed E-state index contributed by atoms with van der Waals surface area (Å²) in [6.45, 7) is 2.66. The van der Waals surface area contributed by atoms with E-state index in [0.717, 1.165) is 40.1 Å². The number of nitro benzene ring substituents is 1. The Labute approximate surface area is 200 Å². The van der Waals surface area contributed by atoms with Gasteiger partial charge in [-0.15, -0.1) is 12.4 Å².